The summed E-state index contributed by atoms with van der Waals surface area (Å²) in [4.78, 5) is 24.9. The van der Waals surface area contributed by atoms with E-state index in [4.69, 9.17) is 11.6 Å². The zero-order valence-corrected chi connectivity index (χ0v) is 17.6. The monoisotopic (exact) mass is 422 g/mol. The van der Waals surface area contributed by atoms with E-state index in [-0.39, 0.29) is 17.3 Å². The molecule has 1 aliphatic heterocycles. The van der Waals surface area contributed by atoms with Gasteiger partial charge in [0.2, 0.25) is 0 Å². The first-order chi connectivity index (χ1) is 13.9. The summed E-state index contributed by atoms with van der Waals surface area (Å²) in [6, 6.07) is 18.4. The van der Waals surface area contributed by atoms with Crippen molar-refractivity contribution in [2.75, 3.05) is 5.75 Å². The van der Waals surface area contributed by atoms with Gasteiger partial charge in [-0.25, -0.2) is 0 Å². The molecule has 0 spiro atoms. The highest BCUT2D eigenvalue weighted by molar-refractivity contribution is 8.03. The van der Waals surface area contributed by atoms with E-state index < -0.39 is 5.92 Å². The fraction of sp³-hybridized carbons (Fsp3) is 0.174. The Morgan fingerprint density at radius 1 is 1.14 bits per heavy atom. The van der Waals surface area contributed by atoms with Crippen molar-refractivity contribution >= 4 is 34.9 Å². The highest BCUT2D eigenvalue weighted by Gasteiger charge is 2.33. The maximum atomic E-state index is 12.5. The van der Waals surface area contributed by atoms with Crippen LogP contribution < -0.4 is 5.32 Å². The summed E-state index contributed by atoms with van der Waals surface area (Å²) in [6.45, 7) is 3.31. The number of Topliss-reactive ketones (excluding diaryl/α,β-unsaturated/α-hetero) is 2. The standard InChI is InChI=1S/C23H19ClN2O2S/c1-14-21(15(2)27)22(17-8-10-18(24)11-9-17)19(12-25)23(26-14)29-13-20(28)16-6-4-3-5-7-16/h3-11,22,26H,13H2,1-2H3. The molecule has 1 aliphatic rings. The van der Waals surface area contributed by atoms with Gasteiger partial charge in [0.15, 0.2) is 11.6 Å². The Morgan fingerprint density at radius 3 is 2.38 bits per heavy atom. The lowest BCUT2D eigenvalue weighted by atomic mass is 9.81. The van der Waals surface area contributed by atoms with E-state index in [0.717, 1.165) is 5.56 Å². The molecule has 0 fully saturated rings. The summed E-state index contributed by atoms with van der Waals surface area (Å²) in [5.41, 5.74) is 3.09. The molecule has 29 heavy (non-hydrogen) atoms. The van der Waals surface area contributed by atoms with Gasteiger partial charge in [0.1, 0.15) is 0 Å². The normalized spacial score (nSPS) is 16.3. The molecule has 0 aromatic heterocycles. The number of nitrogens with one attached hydrogen (secondary N) is 1. The maximum absolute atomic E-state index is 12.5. The van der Waals surface area contributed by atoms with Crippen molar-refractivity contribution in [1.82, 2.24) is 5.32 Å². The summed E-state index contributed by atoms with van der Waals surface area (Å²) in [5, 5.41) is 14.3. The molecule has 6 heteroatoms. The first kappa shape index (κ1) is 20.9. The minimum atomic E-state index is -0.495. The number of nitriles is 1. The van der Waals surface area contributed by atoms with Crippen LogP contribution in [0.15, 0.2) is 76.5 Å². The summed E-state index contributed by atoms with van der Waals surface area (Å²) in [6.07, 6.45) is 0. The minimum Gasteiger partial charge on any atom is -0.353 e. The number of hydrogen-bond donors (Lipinski definition) is 1. The second kappa shape index (κ2) is 9.13. The predicted octanol–water partition coefficient (Wildman–Crippen LogP) is 5.24. The Balaban J connectivity index is 1.96. The second-order valence-corrected chi connectivity index (χ2v) is 8.06. The largest absolute Gasteiger partial charge is 0.353 e. The molecule has 0 aliphatic carbocycles. The number of thioether (sulfide) groups is 1. The first-order valence-corrected chi connectivity index (χ1v) is 10.4. The number of ketones is 2. The van der Waals surface area contributed by atoms with Gasteiger partial charge in [-0.05, 0) is 31.5 Å². The van der Waals surface area contributed by atoms with Crippen LogP contribution in [0.5, 0.6) is 0 Å². The Labute approximate surface area is 179 Å². The molecule has 2 aromatic carbocycles. The van der Waals surface area contributed by atoms with Crippen LogP contribution in [0.4, 0.5) is 0 Å². The lowest BCUT2D eigenvalue weighted by molar-refractivity contribution is -0.113. The van der Waals surface area contributed by atoms with Crippen molar-refractivity contribution in [2.45, 2.75) is 19.8 Å². The molecule has 2 aromatic rings. The van der Waals surface area contributed by atoms with Gasteiger partial charge >= 0.3 is 0 Å². The minimum absolute atomic E-state index is 0.0239. The third kappa shape index (κ3) is 4.61. The second-order valence-electron chi connectivity index (χ2n) is 6.64. The number of rotatable bonds is 6. The Hall–Kier alpha value is -2.81. The highest BCUT2D eigenvalue weighted by atomic mass is 35.5. The average Bonchev–Trinajstić information content (AvgIpc) is 2.72. The van der Waals surface area contributed by atoms with Crippen LogP contribution in [-0.2, 0) is 4.79 Å². The van der Waals surface area contributed by atoms with Crippen LogP contribution in [0, 0.1) is 11.3 Å². The van der Waals surface area contributed by atoms with Gasteiger partial charge < -0.3 is 5.32 Å². The molecule has 1 atom stereocenters. The van der Waals surface area contributed by atoms with E-state index in [9.17, 15) is 14.9 Å². The number of hydrogen-bond acceptors (Lipinski definition) is 5. The van der Waals surface area contributed by atoms with Crippen molar-refractivity contribution < 1.29 is 9.59 Å². The molecule has 4 nitrogen and oxygen atoms in total. The molecule has 0 saturated heterocycles. The molecular weight excluding hydrogens is 404 g/mol. The van der Waals surface area contributed by atoms with Crippen molar-refractivity contribution in [3.8, 4) is 6.07 Å². The van der Waals surface area contributed by atoms with Crippen LogP contribution in [0.1, 0.15) is 35.7 Å². The molecule has 1 unspecified atom stereocenters. The van der Waals surface area contributed by atoms with Gasteiger partial charge in [0, 0.05) is 21.9 Å². The van der Waals surface area contributed by atoms with E-state index in [2.05, 4.69) is 11.4 Å². The zero-order valence-electron chi connectivity index (χ0n) is 16.0. The third-order valence-electron chi connectivity index (χ3n) is 4.67. The molecule has 0 radical (unpaired) electrons. The number of carbonyl (C=O) groups excluding carboxylic acids is 2. The van der Waals surface area contributed by atoms with Gasteiger partial charge in [-0.1, -0.05) is 65.8 Å². The van der Waals surface area contributed by atoms with E-state index in [1.807, 2.05) is 37.3 Å². The Bertz CT molecular complexity index is 1050. The summed E-state index contributed by atoms with van der Waals surface area (Å²) < 4.78 is 0. The van der Waals surface area contributed by atoms with Crippen LogP contribution in [0.25, 0.3) is 0 Å². The van der Waals surface area contributed by atoms with Gasteiger partial charge in [0.05, 0.1) is 28.3 Å². The first-order valence-electron chi connectivity index (χ1n) is 9.02. The van der Waals surface area contributed by atoms with Crippen LogP contribution >= 0.6 is 23.4 Å². The Morgan fingerprint density at radius 2 is 1.79 bits per heavy atom. The molecule has 146 valence electrons. The maximum Gasteiger partial charge on any atom is 0.173 e. The van der Waals surface area contributed by atoms with Crippen molar-refractivity contribution in [1.29, 1.82) is 5.26 Å². The van der Waals surface area contributed by atoms with E-state index in [1.165, 1.54) is 18.7 Å². The number of dihydropyridines is 1. The summed E-state index contributed by atoms with van der Waals surface area (Å²) in [5.74, 6) is -0.435. The third-order valence-corrected chi connectivity index (χ3v) is 5.94. The van der Waals surface area contributed by atoms with Gasteiger partial charge in [0.25, 0.3) is 0 Å². The lowest BCUT2D eigenvalue weighted by Gasteiger charge is -2.29. The quantitative estimate of drug-likeness (QED) is 0.644. The molecule has 0 saturated carbocycles. The topological polar surface area (TPSA) is 70.0 Å². The Kier molecular flexibility index (Phi) is 6.58. The molecule has 0 bridgehead atoms. The zero-order chi connectivity index (χ0) is 21.0. The molecule has 1 N–H and O–H groups in total. The number of halogens is 1. The average molecular weight is 423 g/mol. The SMILES string of the molecule is CC(=O)C1=C(C)NC(SCC(=O)c2ccccc2)=C(C#N)C1c1ccc(Cl)cc1. The number of benzene rings is 2. The summed E-state index contributed by atoms with van der Waals surface area (Å²) >= 11 is 7.29. The lowest BCUT2D eigenvalue weighted by Crippen LogP contribution is -2.27. The smallest absolute Gasteiger partial charge is 0.173 e. The van der Waals surface area contributed by atoms with Gasteiger partial charge in [-0.15, -0.1) is 0 Å². The van der Waals surface area contributed by atoms with Crippen LogP contribution in [0.2, 0.25) is 5.02 Å². The predicted molar refractivity (Wildman–Crippen MR) is 117 cm³/mol. The number of nitrogens with zero attached hydrogens (tertiary/aromatic N) is 1. The fourth-order valence-electron chi connectivity index (χ4n) is 3.33. The van der Waals surface area contributed by atoms with Gasteiger partial charge in [-0.3, -0.25) is 9.59 Å². The van der Waals surface area contributed by atoms with Crippen LogP contribution in [0.3, 0.4) is 0 Å². The highest BCUT2D eigenvalue weighted by Crippen LogP contribution is 2.41. The number of allylic oxidation sites excluding steroid dienone is 3. The van der Waals surface area contributed by atoms with Crippen molar-refractivity contribution in [3.05, 3.63) is 92.6 Å². The van der Waals surface area contributed by atoms with E-state index in [1.54, 1.807) is 24.3 Å². The fourth-order valence-corrected chi connectivity index (χ4v) is 4.44. The van der Waals surface area contributed by atoms with E-state index in [0.29, 0.717) is 32.5 Å². The van der Waals surface area contributed by atoms with Crippen molar-refractivity contribution in [2.24, 2.45) is 0 Å². The molecular formula is C23H19ClN2O2S. The van der Waals surface area contributed by atoms with Crippen LogP contribution in [-0.4, -0.2) is 17.3 Å². The molecule has 0 amide bonds. The molecule has 1 heterocycles. The van der Waals surface area contributed by atoms with E-state index >= 15 is 0 Å². The summed E-state index contributed by atoms with van der Waals surface area (Å²) in [7, 11) is 0. The van der Waals surface area contributed by atoms with Gasteiger partial charge in [-0.2, -0.15) is 5.26 Å². The number of carbonyl (C=O) groups is 2. The molecule has 3 rings (SSSR count). The van der Waals surface area contributed by atoms with Crippen molar-refractivity contribution in [3.63, 3.8) is 0 Å².